The minimum absolute atomic E-state index is 0.132. The molecule has 37 heavy (non-hydrogen) atoms. The second-order valence-electron chi connectivity index (χ2n) is 9.18. The van der Waals surface area contributed by atoms with E-state index in [-0.39, 0.29) is 11.5 Å². The van der Waals surface area contributed by atoms with Crippen LogP contribution in [0.4, 0.5) is 11.6 Å². The number of hydrogen-bond donors (Lipinski definition) is 1. The number of amides is 1. The van der Waals surface area contributed by atoms with E-state index < -0.39 is 0 Å². The molecule has 0 atom stereocenters. The number of anilines is 2. The highest BCUT2D eigenvalue weighted by atomic mass is 35.5. The highest BCUT2D eigenvalue weighted by Crippen LogP contribution is 2.26. The van der Waals surface area contributed by atoms with Gasteiger partial charge in [-0.2, -0.15) is 0 Å². The Labute approximate surface area is 230 Å². The lowest BCUT2D eigenvalue weighted by Gasteiger charge is -2.37. The number of aromatic nitrogens is 2. The fraction of sp³-hybridized carbons (Fsp3) is 0.346. The van der Waals surface area contributed by atoms with Crippen LogP contribution in [0.15, 0.2) is 53.3 Å². The second-order valence-corrected chi connectivity index (χ2v) is 10.4. The zero-order valence-electron chi connectivity index (χ0n) is 20.2. The summed E-state index contributed by atoms with van der Waals surface area (Å²) in [7, 11) is 0. The minimum Gasteiger partial charge on any atom is -0.368 e. The molecule has 0 unspecified atom stereocenters. The Morgan fingerprint density at radius 3 is 2.24 bits per heavy atom. The van der Waals surface area contributed by atoms with Crippen molar-refractivity contribution in [3.63, 3.8) is 0 Å². The van der Waals surface area contributed by atoms with Crippen LogP contribution < -0.4 is 15.4 Å². The molecule has 1 N–H and O–H groups in total. The van der Waals surface area contributed by atoms with Crippen molar-refractivity contribution in [2.24, 2.45) is 0 Å². The first-order valence-electron chi connectivity index (χ1n) is 12.2. The maximum absolute atomic E-state index is 12.9. The molecule has 0 radical (unpaired) electrons. The van der Waals surface area contributed by atoms with Gasteiger partial charge in [0.15, 0.2) is 0 Å². The fourth-order valence-corrected chi connectivity index (χ4v) is 5.51. The van der Waals surface area contributed by atoms with Crippen LogP contribution in [0.5, 0.6) is 0 Å². The lowest BCUT2D eigenvalue weighted by atomic mass is 10.2. The van der Waals surface area contributed by atoms with E-state index in [1.165, 1.54) is 0 Å². The first kappa shape index (κ1) is 25.9. The van der Waals surface area contributed by atoms with E-state index in [4.69, 9.17) is 39.8 Å². The predicted octanol–water partition coefficient (Wildman–Crippen LogP) is 4.01. The summed E-state index contributed by atoms with van der Waals surface area (Å²) in [6.07, 6.45) is 0. The number of nitrogens with zero attached hydrogens (tertiary/aromatic N) is 5. The maximum atomic E-state index is 12.9. The third-order valence-corrected chi connectivity index (χ3v) is 7.63. The molecule has 194 valence electrons. The van der Waals surface area contributed by atoms with Gasteiger partial charge in [0.2, 0.25) is 5.95 Å². The van der Waals surface area contributed by atoms with Crippen molar-refractivity contribution in [3.8, 4) is 0 Å². The Morgan fingerprint density at radius 1 is 0.838 bits per heavy atom. The van der Waals surface area contributed by atoms with Gasteiger partial charge in [0.05, 0.1) is 27.0 Å². The van der Waals surface area contributed by atoms with E-state index >= 15 is 0 Å². The summed E-state index contributed by atoms with van der Waals surface area (Å²) in [6.45, 7) is 6.11. The molecule has 5 rings (SSSR count). The quantitative estimate of drug-likeness (QED) is 0.507. The van der Waals surface area contributed by atoms with Gasteiger partial charge in [-0.1, -0.05) is 46.9 Å². The number of rotatable bonds is 5. The van der Waals surface area contributed by atoms with Gasteiger partial charge in [-0.25, -0.2) is 4.98 Å². The maximum Gasteiger partial charge on any atom is 0.255 e. The Hall–Kier alpha value is -2.78. The third kappa shape index (κ3) is 6.04. The van der Waals surface area contributed by atoms with Crippen molar-refractivity contribution < 1.29 is 4.79 Å². The molecule has 11 heteroatoms. The minimum atomic E-state index is -0.179. The second kappa shape index (κ2) is 11.3. The van der Waals surface area contributed by atoms with E-state index in [2.05, 4.69) is 14.8 Å². The zero-order valence-corrected chi connectivity index (χ0v) is 22.4. The van der Waals surface area contributed by atoms with Crippen molar-refractivity contribution in [2.75, 3.05) is 62.2 Å². The van der Waals surface area contributed by atoms with Crippen molar-refractivity contribution in [3.05, 3.63) is 85.2 Å². The molecule has 0 spiro atoms. The standard InChI is InChI=1S/C26H27Cl3N6O2/c27-18-5-6-20(22(29)15-18)25(37)34-11-13-35(14-12-34)26-30-19(16-24(36)31-26)17-32-7-9-33(10-8-32)23-4-2-1-3-21(23)28/h1-6,15-16H,7-14,17H2,(H,30,31,36). The average molecular weight is 562 g/mol. The van der Waals surface area contributed by atoms with Gasteiger partial charge in [0.1, 0.15) is 0 Å². The van der Waals surface area contributed by atoms with Crippen LogP contribution in [0, 0.1) is 0 Å². The van der Waals surface area contributed by atoms with Crippen molar-refractivity contribution in [1.82, 2.24) is 19.8 Å². The Kier molecular flexibility index (Phi) is 7.90. The number of para-hydroxylation sites is 1. The number of aromatic amines is 1. The SMILES string of the molecule is O=C(c1ccc(Cl)cc1Cl)N1CCN(c2nc(CN3CCN(c4ccccc4Cl)CC3)cc(=O)[nH]2)CC1. The van der Waals surface area contributed by atoms with Crippen molar-refractivity contribution in [1.29, 1.82) is 0 Å². The molecule has 2 aromatic carbocycles. The van der Waals surface area contributed by atoms with Crippen LogP contribution in [0.3, 0.4) is 0 Å². The number of hydrogen-bond acceptors (Lipinski definition) is 6. The molecule has 1 aromatic heterocycles. The molecule has 2 aliphatic heterocycles. The van der Waals surface area contributed by atoms with Crippen LogP contribution in [-0.4, -0.2) is 78.0 Å². The number of benzene rings is 2. The number of carbonyl (C=O) groups excluding carboxylic acids is 1. The molecule has 2 saturated heterocycles. The van der Waals surface area contributed by atoms with Crippen molar-refractivity contribution in [2.45, 2.75) is 6.54 Å². The predicted molar refractivity (Wildman–Crippen MR) is 148 cm³/mol. The Balaban J connectivity index is 1.19. The van der Waals surface area contributed by atoms with Crippen LogP contribution in [0.2, 0.25) is 15.1 Å². The summed E-state index contributed by atoms with van der Waals surface area (Å²) >= 11 is 18.5. The Morgan fingerprint density at radius 2 is 1.54 bits per heavy atom. The zero-order chi connectivity index (χ0) is 25.9. The molecule has 0 aliphatic carbocycles. The molecular formula is C26H27Cl3N6O2. The molecule has 3 heterocycles. The summed E-state index contributed by atoms with van der Waals surface area (Å²) in [6, 6.07) is 14.3. The fourth-order valence-electron chi connectivity index (χ4n) is 4.76. The molecule has 3 aromatic rings. The van der Waals surface area contributed by atoms with E-state index in [0.717, 1.165) is 42.6 Å². The molecule has 2 fully saturated rings. The lowest BCUT2D eigenvalue weighted by molar-refractivity contribution is 0.0746. The topological polar surface area (TPSA) is 75.8 Å². The molecule has 0 saturated carbocycles. The number of H-pyrrole nitrogens is 1. The van der Waals surface area contributed by atoms with Crippen LogP contribution in [-0.2, 0) is 6.54 Å². The highest BCUT2D eigenvalue weighted by Gasteiger charge is 2.25. The molecule has 0 bridgehead atoms. The third-order valence-electron chi connectivity index (χ3n) is 6.76. The van der Waals surface area contributed by atoms with Crippen LogP contribution in [0.25, 0.3) is 0 Å². The van der Waals surface area contributed by atoms with Gasteiger partial charge in [0, 0.05) is 70.0 Å². The van der Waals surface area contributed by atoms with Crippen molar-refractivity contribution >= 4 is 52.3 Å². The molecule has 2 aliphatic rings. The first-order chi connectivity index (χ1) is 17.9. The largest absolute Gasteiger partial charge is 0.368 e. The average Bonchev–Trinajstić information content (AvgIpc) is 2.89. The van der Waals surface area contributed by atoms with E-state index in [1.54, 1.807) is 29.2 Å². The molecule has 1 amide bonds. The van der Waals surface area contributed by atoms with Crippen LogP contribution >= 0.6 is 34.8 Å². The molecular weight excluding hydrogens is 535 g/mol. The van der Waals surface area contributed by atoms with Crippen LogP contribution in [0.1, 0.15) is 16.1 Å². The smallest absolute Gasteiger partial charge is 0.255 e. The Bertz CT molecular complexity index is 1330. The number of carbonyl (C=O) groups is 1. The highest BCUT2D eigenvalue weighted by molar-refractivity contribution is 6.36. The monoisotopic (exact) mass is 560 g/mol. The lowest BCUT2D eigenvalue weighted by Crippen LogP contribution is -2.49. The van der Waals surface area contributed by atoms with Gasteiger partial charge in [-0.3, -0.25) is 19.5 Å². The van der Waals surface area contributed by atoms with Gasteiger partial charge in [-0.15, -0.1) is 0 Å². The number of nitrogens with one attached hydrogen (secondary N) is 1. The van der Waals surface area contributed by atoms with E-state index in [1.807, 2.05) is 29.2 Å². The summed E-state index contributed by atoms with van der Waals surface area (Å²) in [4.78, 5) is 41.3. The summed E-state index contributed by atoms with van der Waals surface area (Å²) in [5.41, 5.74) is 2.04. The van der Waals surface area contributed by atoms with Gasteiger partial charge in [-0.05, 0) is 30.3 Å². The first-order valence-corrected chi connectivity index (χ1v) is 13.3. The van der Waals surface area contributed by atoms with E-state index in [0.29, 0.717) is 54.3 Å². The summed E-state index contributed by atoms with van der Waals surface area (Å²) < 4.78 is 0. The molecule has 8 nitrogen and oxygen atoms in total. The summed E-state index contributed by atoms with van der Waals surface area (Å²) in [5.74, 6) is 0.404. The van der Waals surface area contributed by atoms with Gasteiger partial charge in [0.25, 0.3) is 11.5 Å². The summed E-state index contributed by atoms with van der Waals surface area (Å²) in [5, 5.41) is 1.59. The van der Waals surface area contributed by atoms with Gasteiger partial charge >= 0.3 is 0 Å². The normalized spacial score (nSPS) is 16.8. The van der Waals surface area contributed by atoms with E-state index in [9.17, 15) is 9.59 Å². The number of piperazine rings is 2. The van der Waals surface area contributed by atoms with Gasteiger partial charge < -0.3 is 14.7 Å². The number of halogens is 3.